The molecule has 0 bridgehead atoms. The molecule has 0 spiro atoms. The number of hydrogen-bond acceptors (Lipinski definition) is 1. The molecule has 0 heterocycles. The molecule has 0 aliphatic heterocycles. The van der Waals surface area contributed by atoms with Gasteiger partial charge in [-0.15, -0.1) is 0 Å². The number of halogens is 2. The quantitative estimate of drug-likeness (QED) is 0.748. The maximum Gasteiger partial charge on any atom is 0.140 e. The molecule has 1 aliphatic carbocycles. The molecule has 0 radical (unpaired) electrons. The number of hydrogen-bond donors (Lipinski definition) is 0. The van der Waals surface area contributed by atoms with Crippen molar-refractivity contribution < 1.29 is 9.13 Å². The first-order valence-electron chi connectivity index (χ1n) is 4.75. The Labute approximate surface area is 87.8 Å². The molecule has 0 atom stereocenters. The Morgan fingerprint density at radius 1 is 1.50 bits per heavy atom. The molecule has 0 N–H and O–H groups in total. The molecule has 3 heteroatoms. The lowest BCUT2D eigenvalue weighted by Crippen LogP contribution is -2.00. The Kier molecular flexibility index (Phi) is 2.64. The molecule has 1 nitrogen and oxygen atoms in total. The van der Waals surface area contributed by atoms with Crippen LogP contribution in [0.1, 0.15) is 18.4 Å². The number of ether oxygens (including phenoxy) is 1. The van der Waals surface area contributed by atoms with E-state index in [1.165, 1.54) is 18.9 Å². The molecule has 1 aliphatic rings. The number of benzene rings is 1. The largest absolute Gasteiger partial charge is 0.492 e. The van der Waals surface area contributed by atoms with Gasteiger partial charge < -0.3 is 4.74 Å². The van der Waals surface area contributed by atoms with Gasteiger partial charge in [0, 0.05) is 6.07 Å². The van der Waals surface area contributed by atoms with Gasteiger partial charge in [0.1, 0.15) is 11.6 Å². The highest BCUT2D eigenvalue weighted by atomic mass is 35.5. The summed E-state index contributed by atoms with van der Waals surface area (Å²) in [6.45, 7) is 2.34. The van der Waals surface area contributed by atoms with Crippen LogP contribution in [0.2, 0.25) is 5.02 Å². The summed E-state index contributed by atoms with van der Waals surface area (Å²) in [5.41, 5.74) is 0.550. The molecule has 0 amide bonds. The smallest absolute Gasteiger partial charge is 0.140 e. The van der Waals surface area contributed by atoms with E-state index in [1.807, 2.05) is 0 Å². The fourth-order valence-corrected chi connectivity index (χ4v) is 1.50. The highest BCUT2D eigenvalue weighted by molar-refractivity contribution is 6.32. The van der Waals surface area contributed by atoms with Crippen molar-refractivity contribution in [2.75, 3.05) is 6.61 Å². The first-order valence-corrected chi connectivity index (χ1v) is 5.13. The highest BCUT2D eigenvalue weighted by Crippen LogP contribution is 2.32. The molecule has 2 rings (SSSR count). The monoisotopic (exact) mass is 214 g/mol. The third-order valence-electron chi connectivity index (χ3n) is 2.38. The van der Waals surface area contributed by atoms with Crippen molar-refractivity contribution in [3.05, 3.63) is 28.5 Å². The van der Waals surface area contributed by atoms with Crippen molar-refractivity contribution in [1.29, 1.82) is 0 Å². The molecule has 0 unspecified atom stereocenters. The van der Waals surface area contributed by atoms with Crippen LogP contribution < -0.4 is 4.74 Å². The van der Waals surface area contributed by atoms with Crippen molar-refractivity contribution in [1.82, 2.24) is 0 Å². The summed E-state index contributed by atoms with van der Waals surface area (Å²) in [5.74, 6) is 0.845. The molecule has 1 aromatic carbocycles. The highest BCUT2D eigenvalue weighted by Gasteiger charge is 2.22. The molecule has 1 saturated carbocycles. The zero-order chi connectivity index (χ0) is 10.1. The lowest BCUT2D eigenvalue weighted by atomic mass is 10.2. The predicted octanol–water partition coefficient (Wildman–Crippen LogP) is 3.58. The topological polar surface area (TPSA) is 9.23 Å². The minimum atomic E-state index is -0.264. The van der Waals surface area contributed by atoms with Gasteiger partial charge >= 0.3 is 0 Å². The summed E-state index contributed by atoms with van der Waals surface area (Å²) in [6, 6.07) is 2.96. The molecule has 14 heavy (non-hydrogen) atoms. The van der Waals surface area contributed by atoms with E-state index in [4.69, 9.17) is 16.3 Å². The van der Waals surface area contributed by atoms with Crippen molar-refractivity contribution in [2.24, 2.45) is 5.92 Å². The SMILES string of the molecule is Cc1cc(Cl)c(OCC2CC2)cc1F. The van der Waals surface area contributed by atoms with Gasteiger partial charge in [-0.25, -0.2) is 4.39 Å². The molecular weight excluding hydrogens is 203 g/mol. The lowest BCUT2D eigenvalue weighted by Gasteiger charge is -2.08. The van der Waals surface area contributed by atoms with E-state index in [2.05, 4.69) is 0 Å². The van der Waals surface area contributed by atoms with E-state index in [0.717, 1.165) is 0 Å². The van der Waals surface area contributed by atoms with E-state index in [1.54, 1.807) is 13.0 Å². The summed E-state index contributed by atoms with van der Waals surface area (Å²) in [4.78, 5) is 0. The van der Waals surface area contributed by atoms with Crippen LogP contribution in [0.15, 0.2) is 12.1 Å². The molecule has 76 valence electrons. The van der Waals surface area contributed by atoms with Crippen LogP contribution in [0.4, 0.5) is 4.39 Å². The summed E-state index contributed by atoms with van der Waals surface area (Å²) in [5, 5.41) is 0.490. The fourth-order valence-electron chi connectivity index (χ4n) is 1.23. The second-order valence-electron chi connectivity index (χ2n) is 3.79. The van der Waals surface area contributed by atoms with Crippen molar-refractivity contribution in [3.8, 4) is 5.75 Å². The third kappa shape index (κ3) is 2.18. The van der Waals surface area contributed by atoms with E-state index >= 15 is 0 Å². The zero-order valence-electron chi connectivity index (χ0n) is 8.02. The Bertz CT molecular complexity index is 347. The van der Waals surface area contributed by atoms with Gasteiger partial charge in [0.05, 0.1) is 11.6 Å². The van der Waals surface area contributed by atoms with E-state index in [9.17, 15) is 4.39 Å². The summed E-state index contributed by atoms with van der Waals surface area (Å²) in [7, 11) is 0. The van der Waals surface area contributed by atoms with Crippen LogP contribution >= 0.6 is 11.6 Å². The van der Waals surface area contributed by atoms with Gasteiger partial charge in [0.15, 0.2) is 0 Å². The fraction of sp³-hybridized carbons (Fsp3) is 0.455. The summed E-state index contributed by atoms with van der Waals surface area (Å²) in [6.07, 6.45) is 2.43. The molecule has 0 saturated heterocycles. The Morgan fingerprint density at radius 3 is 2.86 bits per heavy atom. The zero-order valence-corrected chi connectivity index (χ0v) is 8.77. The van der Waals surface area contributed by atoms with E-state index < -0.39 is 0 Å². The molecule has 0 aromatic heterocycles. The van der Waals surface area contributed by atoms with Crippen molar-refractivity contribution in [3.63, 3.8) is 0 Å². The first kappa shape index (κ1) is 9.78. The maximum absolute atomic E-state index is 13.2. The Morgan fingerprint density at radius 2 is 2.21 bits per heavy atom. The molecular formula is C11H12ClFO. The minimum Gasteiger partial charge on any atom is -0.492 e. The van der Waals surface area contributed by atoms with Gasteiger partial charge in [0.2, 0.25) is 0 Å². The average Bonchev–Trinajstić information content (AvgIpc) is 2.92. The predicted molar refractivity (Wildman–Crippen MR) is 54.4 cm³/mol. The number of aryl methyl sites for hydroxylation is 1. The van der Waals surface area contributed by atoms with Crippen LogP contribution in [0.5, 0.6) is 5.75 Å². The van der Waals surface area contributed by atoms with E-state index in [-0.39, 0.29) is 5.82 Å². The summed E-state index contributed by atoms with van der Waals surface area (Å²) >= 11 is 5.91. The van der Waals surface area contributed by atoms with Gasteiger partial charge in [-0.2, -0.15) is 0 Å². The summed E-state index contributed by atoms with van der Waals surface area (Å²) < 4.78 is 18.6. The van der Waals surface area contributed by atoms with Crippen LogP contribution in [0.3, 0.4) is 0 Å². The van der Waals surface area contributed by atoms with Gasteiger partial charge in [-0.1, -0.05) is 11.6 Å². The normalized spacial score (nSPS) is 15.6. The van der Waals surface area contributed by atoms with Crippen LogP contribution in [0, 0.1) is 18.7 Å². The molecule has 1 aromatic rings. The third-order valence-corrected chi connectivity index (χ3v) is 2.68. The first-order chi connectivity index (χ1) is 6.66. The Hall–Kier alpha value is -0.760. The second-order valence-corrected chi connectivity index (χ2v) is 4.19. The van der Waals surface area contributed by atoms with Gasteiger partial charge in [-0.05, 0) is 37.3 Å². The van der Waals surface area contributed by atoms with Gasteiger partial charge in [-0.3, -0.25) is 0 Å². The lowest BCUT2D eigenvalue weighted by molar-refractivity contribution is 0.298. The maximum atomic E-state index is 13.2. The number of rotatable bonds is 3. The van der Waals surface area contributed by atoms with Crippen molar-refractivity contribution in [2.45, 2.75) is 19.8 Å². The van der Waals surface area contributed by atoms with Crippen molar-refractivity contribution >= 4 is 11.6 Å². The van der Waals surface area contributed by atoms with Crippen LogP contribution in [-0.4, -0.2) is 6.61 Å². The second kappa shape index (κ2) is 3.77. The Balaban J connectivity index is 2.10. The standard InChI is InChI=1S/C11H12ClFO/c1-7-4-9(12)11(5-10(7)13)14-6-8-2-3-8/h4-5,8H,2-3,6H2,1H3. The van der Waals surface area contributed by atoms with Crippen LogP contribution in [-0.2, 0) is 0 Å². The van der Waals surface area contributed by atoms with Gasteiger partial charge in [0.25, 0.3) is 0 Å². The van der Waals surface area contributed by atoms with E-state index in [0.29, 0.717) is 28.9 Å². The average molecular weight is 215 g/mol. The van der Waals surface area contributed by atoms with Crippen LogP contribution in [0.25, 0.3) is 0 Å². The minimum absolute atomic E-state index is 0.264. The molecule has 1 fully saturated rings.